The molecular formula is C18H17F3N2. The van der Waals surface area contributed by atoms with Crippen LogP contribution in [0, 0.1) is 25.2 Å². The topological polar surface area (TPSA) is 28.7 Å². The zero-order chi connectivity index (χ0) is 17.2. The number of halogens is 3. The normalized spacial score (nSPS) is 12.3. The van der Waals surface area contributed by atoms with Gasteiger partial charge in [-0.15, -0.1) is 0 Å². The third-order valence-corrected chi connectivity index (χ3v) is 3.87. The van der Waals surface area contributed by atoms with E-state index in [1.165, 1.54) is 12.1 Å². The van der Waals surface area contributed by atoms with Crippen molar-refractivity contribution in [2.75, 3.05) is 0 Å². The lowest BCUT2D eigenvalue weighted by Crippen LogP contribution is -2.04. The Morgan fingerprint density at radius 1 is 1.22 bits per heavy atom. The molecule has 2 rings (SSSR count). The molecule has 0 radical (unpaired) electrons. The molecule has 5 heteroatoms. The number of alkyl halides is 3. The molecule has 1 heterocycles. The lowest BCUT2D eigenvalue weighted by molar-refractivity contribution is -0.137. The van der Waals surface area contributed by atoms with Gasteiger partial charge in [-0.3, -0.25) is 0 Å². The van der Waals surface area contributed by atoms with E-state index in [1.807, 2.05) is 26.8 Å². The van der Waals surface area contributed by atoms with E-state index in [0.717, 1.165) is 35.6 Å². The second-order valence-electron chi connectivity index (χ2n) is 5.32. The average Bonchev–Trinajstić information content (AvgIpc) is 2.77. The first-order chi connectivity index (χ1) is 10.8. The monoisotopic (exact) mass is 318 g/mol. The van der Waals surface area contributed by atoms with Crippen LogP contribution >= 0.6 is 0 Å². The highest BCUT2D eigenvalue weighted by molar-refractivity contribution is 5.90. The van der Waals surface area contributed by atoms with Crippen LogP contribution in [0.5, 0.6) is 0 Å². The van der Waals surface area contributed by atoms with Gasteiger partial charge in [-0.2, -0.15) is 18.4 Å². The molecule has 0 saturated carbocycles. The van der Waals surface area contributed by atoms with Crippen LogP contribution in [0.3, 0.4) is 0 Å². The SMILES string of the molecule is CCn1c(C)cc(/C=C(/C#N)c2ccc(C(F)(F)F)cc2)c1C. The molecule has 0 aliphatic rings. The summed E-state index contributed by atoms with van der Waals surface area (Å²) in [4.78, 5) is 0. The molecule has 0 aliphatic heterocycles. The minimum atomic E-state index is -4.37. The smallest absolute Gasteiger partial charge is 0.349 e. The predicted octanol–water partition coefficient (Wildman–Crippen LogP) is 5.21. The lowest BCUT2D eigenvalue weighted by Gasteiger charge is -2.07. The molecule has 0 spiro atoms. The van der Waals surface area contributed by atoms with Gasteiger partial charge in [0.25, 0.3) is 0 Å². The van der Waals surface area contributed by atoms with Crippen LogP contribution in [0.4, 0.5) is 13.2 Å². The van der Waals surface area contributed by atoms with Crippen molar-refractivity contribution in [2.45, 2.75) is 33.5 Å². The number of nitriles is 1. The molecule has 2 nitrogen and oxygen atoms in total. The van der Waals surface area contributed by atoms with Crippen molar-refractivity contribution < 1.29 is 13.2 Å². The van der Waals surface area contributed by atoms with E-state index < -0.39 is 11.7 Å². The van der Waals surface area contributed by atoms with Crippen molar-refractivity contribution in [3.05, 3.63) is 58.4 Å². The maximum Gasteiger partial charge on any atom is 0.416 e. The average molecular weight is 318 g/mol. The quantitative estimate of drug-likeness (QED) is 0.714. The Balaban J connectivity index is 2.42. The summed E-state index contributed by atoms with van der Waals surface area (Å²) in [6.45, 7) is 6.81. The number of aromatic nitrogens is 1. The van der Waals surface area contributed by atoms with Crippen LogP contribution in [-0.2, 0) is 12.7 Å². The molecule has 0 amide bonds. The van der Waals surface area contributed by atoms with Gasteiger partial charge in [-0.1, -0.05) is 12.1 Å². The highest BCUT2D eigenvalue weighted by Gasteiger charge is 2.30. The van der Waals surface area contributed by atoms with E-state index in [-0.39, 0.29) is 0 Å². The Morgan fingerprint density at radius 2 is 1.83 bits per heavy atom. The Kier molecular flexibility index (Phi) is 4.65. The van der Waals surface area contributed by atoms with E-state index in [0.29, 0.717) is 11.1 Å². The highest BCUT2D eigenvalue weighted by Crippen LogP contribution is 2.30. The molecule has 23 heavy (non-hydrogen) atoms. The summed E-state index contributed by atoms with van der Waals surface area (Å²) in [6, 6.07) is 8.69. The third-order valence-electron chi connectivity index (χ3n) is 3.87. The minimum absolute atomic E-state index is 0.343. The van der Waals surface area contributed by atoms with Gasteiger partial charge in [0.2, 0.25) is 0 Å². The number of hydrogen-bond donors (Lipinski definition) is 0. The summed E-state index contributed by atoms with van der Waals surface area (Å²) >= 11 is 0. The fraction of sp³-hybridized carbons (Fsp3) is 0.278. The second-order valence-corrected chi connectivity index (χ2v) is 5.32. The molecule has 0 unspecified atom stereocenters. The van der Waals surface area contributed by atoms with Gasteiger partial charge < -0.3 is 4.57 Å². The van der Waals surface area contributed by atoms with Crippen molar-refractivity contribution in [2.24, 2.45) is 0 Å². The van der Waals surface area contributed by atoms with E-state index >= 15 is 0 Å². The molecule has 2 aromatic rings. The summed E-state index contributed by atoms with van der Waals surface area (Å²) in [5.74, 6) is 0. The Hall–Kier alpha value is -2.48. The molecule has 0 saturated heterocycles. The molecule has 0 fully saturated rings. The maximum atomic E-state index is 12.6. The van der Waals surface area contributed by atoms with Crippen molar-refractivity contribution >= 4 is 11.6 Å². The molecule has 1 aromatic carbocycles. The first-order valence-electron chi connectivity index (χ1n) is 7.24. The van der Waals surface area contributed by atoms with E-state index in [9.17, 15) is 18.4 Å². The summed E-state index contributed by atoms with van der Waals surface area (Å²) < 4.78 is 39.9. The van der Waals surface area contributed by atoms with Gasteiger partial charge in [0.15, 0.2) is 0 Å². The van der Waals surface area contributed by atoms with Crippen LogP contribution in [-0.4, -0.2) is 4.57 Å². The summed E-state index contributed by atoms with van der Waals surface area (Å²) in [5, 5.41) is 9.35. The summed E-state index contributed by atoms with van der Waals surface area (Å²) in [6.07, 6.45) is -2.65. The first kappa shape index (κ1) is 16.9. The fourth-order valence-electron chi connectivity index (χ4n) is 2.63. The van der Waals surface area contributed by atoms with E-state index in [4.69, 9.17) is 0 Å². The number of benzene rings is 1. The largest absolute Gasteiger partial charge is 0.416 e. The second kappa shape index (κ2) is 6.33. The minimum Gasteiger partial charge on any atom is -0.349 e. The molecule has 1 aromatic heterocycles. The van der Waals surface area contributed by atoms with E-state index in [2.05, 4.69) is 10.6 Å². The third kappa shape index (κ3) is 3.48. The molecular weight excluding hydrogens is 301 g/mol. The summed E-state index contributed by atoms with van der Waals surface area (Å²) in [5.41, 5.74) is 3.12. The maximum absolute atomic E-state index is 12.6. The van der Waals surface area contributed by atoms with Crippen molar-refractivity contribution in [3.63, 3.8) is 0 Å². The number of allylic oxidation sites excluding steroid dienone is 1. The number of aryl methyl sites for hydroxylation is 1. The van der Waals surface area contributed by atoms with Crippen LogP contribution in [0.25, 0.3) is 11.6 Å². The molecule has 120 valence electrons. The highest BCUT2D eigenvalue weighted by atomic mass is 19.4. The standard InChI is InChI=1S/C18H17F3N2/c1-4-23-12(2)9-15(13(23)3)10-16(11-22)14-5-7-17(8-6-14)18(19,20)21/h5-10H,4H2,1-3H3/b16-10-. The molecule has 0 N–H and O–H groups in total. The van der Waals surface area contributed by atoms with Gasteiger partial charge in [0, 0.05) is 17.9 Å². The Morgan fingerprint density at radius 3 is 2.26 bits per heavy atom. The number of nitrogens with zero attached hydrogens (tertiary/aromatic N) is 2. The van der Waals surface area contributed by atoms with Gasteiger partial charge >= 0.3 is 6.18 Å². The lowest BCUT2D eigenvalue weighted by atomic mass is 10.0. The number of hydrogen-bond acceptors (Lipinski definition) is 1. The van der Waals surface area contributed by atoms with Crippen LogP contribution < -0.4 is 0 Å². The fourth-order valence-corrected chi connectivity index (χ4v) is 2.63. The van der Waals surface area contributed by atoms with Crippen LogP contribution in [0.15, 0.2) is 30.3 Å². The van der Waals surface area contributed by atoms with Crippen molar-refractivity contribution in [3.8, 4) is 6.07 Å². The molecule has 0 atom stereocenters. The summed E-state index contributed by atoms with van der Waals surface area (Å²) in [7, 11) is 0. The van der Waals surface area contributed by atoms with Gasteiger partial charge in [0.05, 0.1) is 17.2 Å². The van der Waals surface area contributed by atoms with Gasteiger partial charge in [-0.05, 0) is 56.2 Å². The zero-order valence-corrected chi connectivity index (χ0v) is 13.2. The van der Waals surface area contributed by atoms with E-state index in [1.54, 1.807) is 6.08 Å². The van der Waals surface area contributed by atoms with Crippen LogP contribution in [0.1, 0.15) is 35.0 Å². The predicted molar refractivity (Wildman–Crippen MR) is 84.5 cm³/mol. The molecule has 0 bridgehead atoms. The Bertz CT molecular complexity index is 772. The van der Waals surface area contributed by atoms with Crippen molar-refractivity contribution in [1.82, 2.24) is 4.57 Å². The Labute approximate surface area is 133 Å². The van der Waals surface area contributed by atoms with Gasteiger partial charge in [-0.25, -0.2) is 0 Å². The van der Waals surface area contributed by atoms with Gasteiger partial charge in [0.1, 0.15) is 0 Å². The first-order valence-corrected chi connectivity index (χ1v) is 7.24. The zero-order valence-electron chi connectivity index (χ0n) is 13.2. The molecule has 0 aliphatic carbocycles. The number of rotatable bonds is 3. The van der Waals surface area contributed by atoms with Crippen LogP contribution in [0.2, 0.25) is 0 Å². The van der Waals surface area contributed by atoms with Crippen molar-refractivity contribution in [1.29, 1.82) is 5.26 Å².